The number of rotatable bonds is 5. The molecule has 1 aliphatic rings. The molecule has 1 unspecified atom stereocenters. The number of ketones is 1. The number of hydrogen-bond donors (Lipinski definition) is 2. The summed E-state index contributed by atoms with van der Waals surface area (Å²) in [5.41, 5.74) is 2.72. The van der Waals surface area contributed by atoms with Crippen LogP contribution in [-0.2, 0) is 9.59 Å². The third kappa shape index (κ3) is 3.85. The fourth-order valence-corrected chi connectivity index (χ4v) is 4.28. The standard InChI is InChI=1S/C27H25NO6/c1-15-12-22(34-4)16(2)11-21(15)25(30)23-24(17-7-5-9-19(29)13-17)28(27(32)26(23)31)18-8-6-10-20(14-18)33-3/h5-14,24,29-30H,1-4H3/b25-23+. The molecule has 0 bridgehead atoms. The first kappa shape index (κ1) is 22.9. The van der Waals surface area contributed by atoms with Crippen LogP contribution in [0.25, 0.3) is 5.76 Å². The first-order chi connectivity index (χ1) is 16.3. The molecule has 34 heavy (non-hydrogen) atoms. The van der Waals surface area contributed by atoms with Gasteiger partial charge in [-0.1, -0.05) is 18.2 Å². The molecule has 0 aromatic heterocycles. The number of ether oxygens (including phenoxy) is 2. The van der Waals surface area contributed by atoms with Crippen molar-refractivity contribution >= 4 is 23.1 Å². The molecule has 174 valence electrons. The molecule has 0 spiro atoms. The van der Waals surface area contributed by atoms with Crippen molar-refractivity contribution in [2.45, 2.75) is 19.9 Å². The third-order valence-electron chi connectivity index (χ3n) is 5.96. The first-order valence-electron chi connectivity index (χ1n) is 10.7. The number of benzene rings is 3. The molecule has 0 radical (unpaired) electrons. The smallest absolute Gasteiger partial charge is 0.300 e. The van der Waals surface area contributed by atoms with Crippen molar-refractivity contribution in [3.63, 3.8) is 0 Å². The Morgan fingerprint density at radius 2 is 1.65 bits per heavy atom. The molecule has 1 atom stereocenters. The van der Waals surface area contributed by atoms with Crippen LogP contribution < -0.4 is 14.4 Å². The van der Waals surface area contributed by atoms with Crippen LogP contribution >= 0.6 is 0 Å². The molecule has 1 saturated heterocycles. The van der Waals surface area contributed by atoms with E-state index < -0.39 is 17.7 Å². The molecule has 2 N–H and O–H groups in total. The molecule has 3 aromatic rings. The Morgan fingerprint density at radius 3 is 2.32 bits per heavy atom. The number of methoxy groups -OCH3 is 2. The van der Waals surface area contributed by atoms with Gasteiger partial charge in [0.1, 0.15) is 23.0 Å². The Labute approximate surface area is 197 Å². The van der Waals surface area contributed by atoms with Gasteiger partial charge in [-0.3, -0.25) is 14.5 Å². The Balaban J connectivity index is 1.98. The largest absolute Gasteiger partial charge is 0.508 e. The summed E-state index contributed by atoms with van der Waals surface area (Å²) in [7, 11) is 3.07. The lowest BCUT2D eigenvalue weighted by Crippen LogP contribution is -2.29. The Kier molecular flexibility index (Phi) is 6.03. The number of aryl methyl sites for hydroxylation is 2. The summed E-state index contributed by atoms with van der Waals surface area (Å²) in [5.74, 6) is -0.760. The fraction of sp³-hybridized carbons (Fsp3) is 0.185. The van der Waals surface area contributed by atoms with E-state index in [9.17, 15) is 19.8 Å². The summed E-state index contributed by atoms with van der Waals surface area (Å²) >= 11 is 0. The van der Waals surface area contributed by atoms with E-state index >= 15 is 0 Å². The van der Waals surface area contributed by atoms with Crippen molar-refractivity contribution in [2.24, 2.45) is 0 Å². The van der Waals surface area contributed by atoms with Crippen molar-refractivity contribution in [1.82, 2.24) is 0 Å². The zero-order chi connectivity index (χ0) is 24.6. The summed E-state index contributed by atoms with van der Waals surface area (Å²) in [5, 5.41) is 21.5. The highest BCUT2D eigenvalue weighted by atomic mass is 16.5. The summed E-state index contributed by atoms with van der Waals surface area (Å²) in [6, 6.07) is 15.6. The Hall–Kier alpha value is -4.26. The molecular weight excluding hydrogens is 434 g/mol. The van der Waals surface area contributed by atoms with Crippen LogP contribution in [0.1, 0.15) is 28.3 Å². The van der Waals surface area contributed by atoms with Crippen molar-refractivity contribution in [3.05, 3.63) is 88.5 Å². The molecule has 3 aromatic carbocycles. The van der Waals surface area contributed by atoms with Gasteiger partial charge in [0.2, 0.25) is 0 Å². The van der Waals surface area contributed by atoms with E-state index in [0.717, 1.165) is 5.56 Å². The van der Waals surface area contributed by atoms with E-state index in [0.29, 0.717) is 33.9 Å². The zero-order valence-corrected chi connectivity index (χ0v) is 19.3. The summed E-state index contributed by atoms with van der Waals surface area (Å²) in [4.78, 5) is 27.9. The van der Waals surface area contributed by atoms with Crippen molar-refractivity contribution in [3.8, 4) is 17.2 Å². The zero-order valence-electron chi connectivity index (χ0n) is 19.3. The average Bonchev–Trinajstić information content (AvgIpc) is 3.10. The number of aromatic hydroxyl groups is 1. The minimum atomic E-state index is -0.957. The third-order valence-corrected chi connectivity index (χ3v) is 5.96. The number of phenolic OH excluding ortho intramolecular Hbond substituents is 1. The topological polar surface area (TPSA) is 96.3 Å². The maximum Gasteiger partial charge on any atom is 0.300 e. The second-order valence-corrected chi connectivity index (χ2v) is 8.10. The van der Waals surface area contributed by atoms with E-state index in [2.05, 4.69) is 0 Å². The molecule has 0 aliphatic carbocycles. The van der Waals surface area contributed by atoms with Crippen LogP contribution in [0.5, 0.6) is 17.2 Å². The molecule has 0 saturated carbocycles. The van der Waals surface area contributed by atoms with Crippen molar-refractivity contribution < 1.29 is 29.3 Å². The molecule has 1 fully saturated rings. The van der Waals surface area contributed by atoms with Crippen molar-refractivity contribution in [1.29, 1.82) is 0 Å². The van der Waals surface area contributed by atoms with Crippen LogP contribution in [0.2, 0.25) is 0 Å². The van der Waals surface area contributed by atoms with Gasteiger partial charge in [0.25, 0.3) is 11.7 Å². The van der Waals surface area contributed by atoms with Gasteiger partial charge in [-0.2, -0.15) is 0 Å². The number of phenols is 1. The van der Waals surface area contributed by atoms with Crippen LogP contribution in [0, 0.1) is 13.8 Å². The van der Waals surface area contributed by atoms with Crippen LogP contribution in [-0.4, -0.2) is 36.1 Å². The van der Waals surface area contributed by atoms with Gasteiger partial charge in [-0.05, 0) is 66.9 Å². The molecule has 4 rings (SSSR count). The number of nitrogens with zero attached hydrogens (tertiary/aromatic N) is 1. The number of aliphatic hydroxyl groups excluding tert-OH is 1. The molecular formula is C27H25NO6. The summed E-state index contributed by atoms with van der Waals surface area (Å²) < 4.78 is 10.7. The van der Waals surface area contributed by atoms with E-state index in [1.165, 1.54) is 24.1 Å². The predicted octanol–water partition coefficient (Wildman–Crippen LogP) is 4.65. The maximum atomic E-state index is 13.3. The summed E-state index contributed by atoms with van der Waals surface area (Å²) in [6.07, 6.45) is 0. The second kappa shape index (κ2) is 8.94. The van der Waals surface area contributed by atoms with Crippen LogP contribution in [0.3, 0.4) is 0 Å². The maximum absolute atomic E-state index is 13.3. The minimum absolute atomic E-state index is 0.0230. The lowest BCUT2D eigenvalue weighted by Gasteiger charge is -2.26. The number of Topliss-reactive ketones (excluding diaryl/α,β-unsaturated/α-hetero) is 1. The quantitative estimate of drug-likeness (QED) is 0.328. The van der Waals surface area contributed by atoms with E-state index in [1.54, 1.807) is 62.6 Å². The highest BCUT2D eigenvalue weighted by Crippen LogP contribution is 2.44. The molecule has 1 heterocycles. The predicted molar refractivity (Wildman–Crippen MR) is 128 cm³/mol. The number of amides is 1. The number of carbonyl (C=O) groups is 2. The van der Waals surface area contributed by atoms with Gasteiger partial charge < -0.3 is 19.7 Å². The number of aliphatic hydroxyl groups is 1. The van der Waals surface area contributed by atoms with Gasteiger partial charge in [0.15, 0.2) is 0 Å². The Morgan fingerprint density at radius 1 is 0.912 bits per heavy atom. The van der Waals surface area contributed by atoms with Gasteiger partial charge in [-0.25, -0.2) is 0 Å². The highest BCUT2D eigenvalue weighted by Gasteiger charge is 2.47. The molecule has 7 nitrogen and oxygen atoms in total. The second-order valence-electron chi connectivity index (χ2n) is 8.10. The normalized spacial score (nSPS) is 17.2. The van der Waals surface area contributed by atoms with E-state index in [-0.39, 0.29) is 17.1 Å². The van der Waals surface area contributed by atoms with E-state index in [1.807, 2.05) is 6.92 Å². The fourth-order valence-electron chi connectivity index (χ4n) is 4.28. The van der Waals surface area contributed by atoms with Gasteiger partial charge in [0.05, 0.1) is 25.8 Å². The van der Waals surface area contributed by atoms with Crippen molar-refractivity contribution in [2.75, 3.05) is 19.1 Å². The van der Waals surface area contributed by atoms with Gasteiger partial charge >= 0.3 is 0 Å². The summed E-state index contributed by atoms with van der Waals surface area (Å²) in [6.45, 7) is 3.62. The number of carbonyl (C=O) groups excluding carboxylic acids is 2. The lowest BCUT2D eigenvalue weighted by molar-refractivity contribution is -0.132. The highest BCUT2D eigenvalue weighted by molar-refractivity contribution is 6.51. The first-order valence-corrected chi connectivity index (χ1v) is 10.7. The van der Waals surface area contributed by atoms with E-state index in [4.69, 9.17) is 9.47 Å². The van der Waals surface area contributed by atoms with Gasteiger partial charge in [0, 0.05) is 17.3 Å². The van der Waals surface area contributed by atoms with Crippen LogP contribution in [0.15, 0.2) is 66.2 Å². The monoisotopic (exact) mass is 459 g/mol. The minimum Gasteiger partial charge on any atom is -0.508 e. The lowest BCUT2D eigenvalue weighted by atomic mass is 9.93. The Bertz CT molecular complexity index is 1330. The van der Waals surface area contributed by atoms with Gasteiger partial charge in [-0.15, -0.1) is 0 Å². The number of anilines is 1. The number of hydrogen-bond acceptors (Lipinski definition) is 6. The molecule has 1 amide bonds. The molecule has 7 heteroatoms. The molecule has 1 aliphatic heterocycles. The average molecular weight is 459 g/mol. The van der Waals surface area contributed by atoms with Crippen LogP contribution in [0.4, 0.5) is 5.69 Å². The SMILES string of the molecule is COc1cccc(N2C(=O)C(=O)/C(=C(/O)c3cc(C)c(OC)cc3C)C2c2cccc(O)c2)c1.